The van der Waals surface area contributed by atoms with Gasteiger partial charge in [0.1, 0.15) is 0 Å². The lowest BCUT2D eigenvalue weighted by Crippen LogP contribution is -2.12. The average molecular weight is 193 g/mol. The van der Waals surface area contributed by atoms with E-state index >= 15 is 0 Å². The van der Waals surface area contributed by atoms with Crippen molar-refractivity contribution in [2.24, 2.45) is 0 Å². The monoisotopic (exact) mass is 192 g/mol. The van der Waals surface area contributed by atoms with Crippen molar-refractivity contribution in [1.29, 1.82) is 0 Å². The maximum Gasteiger partial charge on any atom is 0.366 e. The van der Waals surface area contributed by atoms with Crippen molar-refractivity contribution in [3.8, 4) is 0 Å². The highest BCUT2D eigenvalue weighted by Gasteiger charge is 2.43. The predicted molar refractivity (Wildman–Crippen MR) is 30.6 cm³/mol. The maximum absolute atomic E-state index is 12.4. The summed E-state index contributed by atoms with van der Waals surface area (Å²) >= 11 is 15.2. The fraction of sp³-hybridized carbons (Fsp3) is 0.333. The molecule has 1 aliphatic rings. The van der Waals surface area contributed by atoms with Gasteiger partial charge < -0.3 is 4.89 Å². The van der Waals surface area contributed by atoms with Gasteiger partial charge in [-0.15, -0.1) is 4.89 Å². The van der Waals surface area contributed by atoms with Crippen LogP contribution in [0.4, 0.5) is 4.39 Å². The third-order valence-electron chi connectivity index (χ3n) is 0.648. The minimum Gasteiger partial charge on any atom is -0.318 e. The molecule has 0 aromatic carbocycles. The molecule has 9 heavy (non-hydrogen) atoms. The quantitative estimate of drug-likeness (QED) is 0.434. The molecule has 6 heteroatoms. The molecule has 0 radical (unpaired) electrons. The van der Waals surface area contributed by atoms with Gasteiger partial charge in [0.15, 0.2) is 5.03 Å². The Hall–Kier alpha value is 0.300. The molecule has 1 unspecified atom stereocenters. The molecule has 0 amide bonds. The van der Waals surface area contributed by atoms with Crippen LogP contribution in [0, 0.1) is 0 Å². The standard InChI is InChI=1S/C3Cl3FO2/c4-1-2(5)8-9-3(1,6)7. The van der Waals surface area contributed by atoms with Crippen molar-refractivity contribution in [1.82, 2.24) is 0 Å². The van der Waals surface area contributed by atoms with Gasteiger partial charge in [-0.05, 0) is 23.2 Å². The van der Waals surface area contributed by atoms with E-state index in [2.05, 4.69) is 9.78 Å². The van der Waals surface area contributed by atoms with E-state index in [4.69, 9.17) is 34.8 Å². The second-order valence-electron chi connectivity index (χ2n) is 1.27. The smallest absolute Gasteiger partial charge is 0.318 e. The molecule has 1 heterocycles. The van der Waals surface area contributed by atoms with Crippen LogP contribution in [0.25, 0.3) is 0 Å². The first kappa shape index (κ1) is 7.41. The van der Waals surface area contributed by atoms with Crippen molar-refractivity contribution in [3.05, 3.63) is 10.3 Å². The highest BCUT2D eigenvalue weighted by Crippen LogP contribution is 2.41. The summed E-state index contributed by atoms with van der Waals surface area (Å²) in [5, 5.41) is -3.49. The maximum atomic E-state index is 12.4. The van der Waals surface area contributed by atoms with Crippen molar-refractivity contribution in [2.75, 3.05) is 0 Å². The predicted octanol–water partition coefficient (Wildman–Crippen LogP) is 2.46. The second kappa shape index (κ2) is 2.16. The van der Waals surface area contributed by atoms with E-state index in [1.807, 2.05) is 0 Å². The zero-order valence-electron chi connectivity index (χ0n) is 3.83. The Morgan fingerprint density at radius 1 is 1.44 bits per heavy atom. The van der Waals surface area contributed by atoms with Crippen LogP contribution in [0.2, 0.25) is 0 Å². The molecular weight excluding hydrogens is 193 g/mol. The van der Waals surface area contributed by atoms with E-state index in [-0.39, 0.29) is 5.22 Å². The minimum absolute atomic E-state index is 0.380. The number of alkyl halides is 2. The normalized spacial score (nSPS) is 35.1. The van der Waals surface area contributed by atoms with Crippen LogP contribution in [0.3, 0.4) is 0 Å². The molecule has 0 N–H and O–H groups in total. The molecule has 0 saturated heterocycles. The van der Waals surface area contributed by atoms with Crippen molar-refractivity contribution in [3.63, 3.8) is 0 Å². The summed E-state index contributed by atoms with van der Waals surface area (Å²) in [6, 6.07) is 0. The lowest BCUT2D eigenvalue weighted by molar-refractivity contribution is -0.302. The van der Waals surface area contributed by atoms with Gasteiger partial charge in [-0.2, -0.15) is 4.39 Å². The summed E-state index contributed by atoms with van der Waals surface area (Å²) in [6.07, 6.45) is 0. The van der Waals surface area contributed by atoms with Gasteiger partial charge >= 0.3 is 5.31 Å². The Bertz CT molecular complexity index is 166. The highest BCUT2D eigenvalue weighted by molar-refractivity contribution is 6.43. The van der Waals surface area contributed by atoms with Crippen molar-refractivity contribution < 1.29 is 14.2 Å². The molecule has 0 aliphatic carbocycles. The molecule has 1 rings (SSSR count). The number of hydrogen-bond acceptors (Lipinski definition) is 2. The van der Waals surface area contributed by atoms with Gasteiger partial charge in [-0.3, -0.25) is 0 Å². The minimum atomic E-state index is -2.61. The van der Waals surface area contributed by atoms with Gasteiger partial charge in [0.05, 0.1) is 0 Å². The second-order valence-corrected chi connectivity index (χ2v) is 2.48. The zero-order valence-corrected chi connectivity index (χ0v) is 6.10. The molecule has 0 fully saturated rings. The van der Waals surface area contributed by atoms with Crippen LogP contribution < -0.4 is 0 Å². The molecule has 0 bridgehead atoms. The lowest BCUT2D eigenvalue weighted by atomic mass is 10.6. The summed E-state index contributed by atoms with van der Waals surface area (Å²) in [5.41, 5.74) is 0. The van der Waals surface area contributed by atoms with Crippen molar-refractivity contribution in [2.45, 2.75) is 5.31 Å². The van der Waals surface area contributed by atoms with Gasteiger partial charge in [-0.1, -0.05) is 11.6 Å². The van der Waals surface area contributed by atoms with Gasteiger partial charge in [-0.25, -0.2) is 0 Å². The molecule has 1 atom stereocenters. The molecular formula is C3Cl3FO2. The largest absolute Gasteiger partial charge is 0.366 e. The highest BCUT2D eigenvalue weighted by atomic mass is 35.5. The Balaban J connectivity index is 2.88. The van der Waals surface area contributed by atoms with Crippen LogP contribution in [-0.2, 0) is 9.78 Å². The van der Waals surface area contributed by atoms with Crippen LogP contribution >= 0.6 is 34.8 Å². The number of halogens is 4. The van der Waals surface area contributed by atoms with E-state index in [1.165, 1.54) is 0 Å². The molecule has 0 aromatic rings. The van der Waals surface area contributed by atoms with Crippen LogP contribution in [0.15, 0.2) is 10.3 Å². The van der Waals surface area contributed by atoms with Gasteiger partial charge in [0, 0.05) is 0 Å². The zero-order chi connectivity index (χ0) is 7.07. The fourth-order valence-electron chi connectivity index (χ4n) is 0.276. The summed E-state index contributed by atoms with van der Waals surface area (Å²) in [4.78, 5) is 7.81. The topological polar surface area (TPSA) is 18.5 Å². The molecule has 0 aromatic heterocycles. The number of rotatable bonds is 0. The lowest BCUT2D eigenvalue weighted by Gasteiger charge is -2.03. The van der Waals surface area contributed by atoms with E-state index in [0.717, 1.165) is 0 Å². The first-order chi connectivity index (χ1) is 4.04. The number of hydrogen-bond donors (Lipinski definition) is 0. The van der Waals surface area contributed by atoms with Crippen LogP contribution in [-0.4, -0.2) is 5.31 Å². The Morgan fingerprint density at radius 2 is 2.00 bits per heavy atom. The van der Waals surface area contributed by atoms with Crippen LogP contribution in [0.5, 0.6) is 0 Å². The molecule has 0 spiro atoms. The third-order valence-corrected chi connectivity index (χ3v) is 1.76. The first-order valence-corrected chi connectivity index (χ1v) is 2.96. The van der Waals surface area contributed by atoms with E-state index in [1.54, 1.807) is 0 Å². The van der Waals surface area contributed by atoms with E-state index in [0.29, 0.717) is 0 Å². The molecule has 2 nitrogen and oxygen atoms in total. The molecule has 1 aliphatic heterocycles. The Kier molecular flexibility index (Phi) is 1.78. The summed E-state index contributed by atoms with van der Waals surface area (Å²) in [5.74, 6) is 0. The SMILES string of the molecule is FC1(Cl)OOC(Cl)=C1Cl. The van der Waals surface area contributed by atoms with Crippen molar-refractivity contribution >= 4 is 34.8 Å². The van der Waals surface area contributed by atoms with Gasteiger partial charge in [0.25, 0.3) is 5.22 Å². The van der Waals surface area contributed by atoms with E-state index in [9.17, 15) is 4.39 Å². The Labute approximate surface area is 65.0 Å². The summed E-state index contributed by atoms with van der Waals surface area (Å²) < 4.78 is 12.4. The van der Waals surface area contributed by atoms with E-state index < -0.39 is 10.3 Å². The molecule has 52 valence electrons. The average Bonchev–Trinajstić information content (AvgIpc) is 1.97. The third kappa shape index (κ3) is 1.24. The first-order valence-electron chi connectivity index (χ1n) is 1.83. The van der Waals surface area contributed by atoms with Gasteiger partial charge in [0.2, 0.25) is 0 Å². The Morgan fingerprint density at radius 3 is 2.11 bits per heavy atom. The summed E-state index contributed by atoms with van der Waals surface area (Å²) in [7, 11) is 0. The molecule has 0 saturated carbocycles. The summed E-state index contributed by atoms with van der Waals surface area (Å²) in [6.45, 7) is 0. The van der Waals surface area contributed by atoms with Crippen LogP contribution in [0.1, 0.15) is 0 Å². The fourth-order valence-corrected chi connectivity index (χ4v) is 0.658.